The number of rotatable bonds is 2. The second-order valence-electron chi connectivity index (χ2n) is 3.04. The van der Waals surface area contributed by atoms with E-state index in [1.54, 1.807) is 0 Å². The number of hydrogen-bond donors (Lipinski definition) is 1. The maximum atomic E-state index is 9.37. The molecule has 1 nitrogen and oxygen atoms in total. The van der Waals surface area contributed by atoms with E-state index in [2.05, 4.69) is 19.1 Å². The zero-order chi connectivity index (χ0) is 8.10. The normalized spacial score (nSPS) is 24.5. The van der Waals surface area contributed by atoms with Gasteiger partial charge in [0.15, 0.2) is 0 Å². The van der Waals surface area contributed by atoms with Gasteiger partial charge in [0.05, 0.1) is 6.10 Å². The van der Waals surface area contributed by atoms with Crippen molar-refractivity contribution >= 4 is 0 Å². The molecule has 1 rings (SSSR count). The first-order chi connectivity index (χ1) is 5.33. The van der Waals surface area contributed by atoms with Crippen LogP contribution in [0.2, 0.25) is 0 Å². The summed E-state index contributed by atoms with van der Waals surface area (Å²) in [6, 6.07) is 0. The quantitative estimate of drug-likeness (QED) is 0.644. The Kier molecular flexibility index (Phi) is 3.37. The molecule has 0 saturated heterocycles. The Labute approximate surface area is 68.4 Å². The van der Waals surface area contributed by atoms with E-state index < -0.39 is 0 Å². The van der Waals surface area contributed by atoms with Crippen molar-refractivity contribution < 1.29 is 5.11 Å². The highest BCUT2D eigenvalue weighted by atomic mass is 16.3. The maximum Gasteiger partial charge on any atom is 0.0729 e. The molecule has 1 N–H and O–H groups in total. The van der Waals surface area contributed by atoms with Crippen LogP contribution in [0.3, 0.4) is 0 Å². The van der Waals surface area contributed by atoms with E-state index in [9.17, 15) is 5.11 Å². The minimum atomic E-state index is -0.216. The van der Waals surface area contributed by atoms with Gasteiger partial charge in [0, 0.05) is 0 Å². The first-order valence-electron chi connectivity index (χ1n) is 4.38. The van der Waals surface area contributed by atoms with Gasteiger partial charge in [0.1, 0.15) is 0 Å². The molecule has 0 bridgehead atoms. The van der Waals surface area contributed by atoms with Crippen LogP contribution in [0.5, 0.6) is 0 Å². The fourth-order valence-corrected chi connectivity index (χ4v) is 1.34. The summed E-state index contributed by atoms with van der Waals surface area (Å²) in [6.07, 6.45) is 10.2. The number of aliphatic hydroxyl groups excluding tert-OH is 1. The summed E-state index contributed by atoms with van der Waals surface area (Å²) in [6.45, 7) is 2.16. The van der Waals surface area contributed by atoms with Gasteiger partial charge < -0.3 is 5.11 Å². The largest absolute Gasteiger partial charge is 0.389 e. The van der Waals surface area contributed by atoms with Gasteiger partial charge in [-0.05, 0) is 24.8 Å². The fourth-order valence-electron chi connectivity index (χ4n) is 1.34. The van der Waals surface area contributed by atoms with Crippen LogP contribution >= 0.6 is 0 Å². The molecule has 11 heavy (non-hydrogen) atoms. The summed E-state index contributed by atoms with van der Waals surface area (Å²) in [5.41, 5.74) is 1.29. The van der Waals surface area contributed by atoms with Crippen LogP contribution in [-0.4, -0.2) is 11.2 Å². The zero-order valence-corrected chi connectivity index (χ0v) is 7.09. The van der Waals surface area contributed by atoms with Crippen molar-refractivity contribution in [2.75, 3.05) is 0 Å². The third-order valence-electron chi connectivity index (χ3n) is 1.91. The monoisotopic (exact) mass is 152 g/mol. The molecule has 0 aliphatic heterocycles. The van der Waals surface area contributed by atoms with Gasteiger partial charge >= 0.3 is 0 Å². The van der Waals surface area contributed by atoms with Crippen molar-refractivity contribution in [2.24, 2.45) is 0 Å². The van der Waals surface area contributed by atoms with Gasteiger partial charge in [0.25, 0.3) is 0 Å². The van der Waals surface area contributed by atoms with Crippen LogP contribution in [0.15, 0.2) is 23.8 Å². The Bertz CT molecular complexity index is 168. The summed E-state index contributed by atoms with van der Waals surface area (Å²) in [4.78, 5) is 0. The van der Waals surface area contributed by atoms with Crippen LogP contribution in [0.1, 0.15) is 32.6 Å². The van der Waals surface area contributed by atoms with E-state index in [0.29, 0.717) is 0 Å². The molecule has 0 spiro atoms. The molecular formula is C10H16O. The predicted octanol–water partition coefficient (Wildman–Crippen LogP) is 2.42. The standard InChI is InChI=1S/C10H16O/c1-2-5-9-6-3-4-7-10(11)8-9/h3,6,8,10-11H,2,4-5,7H2,1H3. The van der Waals surface area contributed by atoms with Gasteiger partial charge in [-0.1, -0.05) is 31.6 Å². The molecule has 0 aromatic heterocycles. The fraction of sp³-hybridized carbons (Fsp3) is 0.600. The second kappa shape index (κ2) is 4.35. The lowest BCUT2D eigenvalue weighted by Crippen LogP contribution is -2.00. The van der Waals surface area contributed by atoms with Crippen LogP contribution in [0.25, 0.3) is 0 Å². The zero-order valence-electron chi connectivity index (χ0n) is 7.09. The van der Waals surface area contributed by atoms with E-state index in [0.717, 1.165) is 25.7 Å². The number of hydrogen-bond acceptors (Lipinski definition) is 1. The minimum Gasteiger partial charge on any atom is -0.389 e. The first-order valence-corrected chi connectivity index (χ1v) is 4.38. The van der Waals surface area contributed by atoms with Crippen molar-refractivity contribution in [1.29, 1.82) is 0 Å². The number of allylic oxidation sites excluding steroid dienone is 3. The molecule has 0 radical (unpaired) electrons. The van der Waals surface area contributed by atoms with Crippen LogP contribution in [0.4, 0.5) is 0 Å². The summed E-state index contributed by atoms with van der Waals surface area (Å²) in [5.74, 6) is 0. The average molecular weight is 152 g/mol. The van der Waals surface area contributed by atoms with E-state index in [1.807, 2.05) is 6.08 Å². The Hall–Kier alpha value is -0.560. The highest BCUT2D eigenvalue weighted by Crippen LogP contribution is 2.14. The van der Waals surface area contributed by atoms with Crippen molar-refractivity contribution in [3.63, 3.8) is 0 Å². The molecule has 0 aromatic rings. The Morgan fingerprint density at radius 1 is 1.64 bits per heavy atom. The molecule has 1 heteroatoms. The van der Waals surface area contributed by atoms with Crippen molar-refractivity contribution in [2.45, 2.75) is 38.7 Å². The van der Waals surface area contributed by atoms with Gasteiger partial charge in [0.2, 0.25) is 0 Å². The Balaban J connectivity index is 2.56. The minimum absolute atomic E-state index is 0.216. The average Bonchev–Trinajstić information content (AvgIpc) is 2.15. The first kappa shape index (κ1) is 8.54. The van der Waals surface area contributed by atoms with Crippen molar-refractivity contribution in [3.8, 4) is 0 Å². The lowest BCUT2D eigenvalue weighted by Gasteiger charge is -2.02. The van der Waals surface area contributed by atoms with E-state index in [-0.39, 0.29) is 6.10 Å². The molecular weight excluding hydrogens is 136 g/mol. The summed E-state index contributed by atoms with van der Waals surface area (Å²) < 4.78 is 0. The van der Waals surface area contributed by atoms with E-state index in [4.69, 9.17) is 0 Å². The highest BCUT2D eigenvalue weighted by molar-refractivity contribution is 5.21. The van der Waals surface area contributed by atoms with Gasteiger partial charge in [-0.2, -0.15) is 0 Å². The summed E-state index contributed by atoms with van der Waals surface area (Å²) >= 11 is 0. The summed E-state index contributed by atoms with van der Waals surface area (Å²) in [7, 11) is 0. The van der Waals surface area contributed by atoms with Crippen LogP contribution in [0, 0.1) is 0 Å². The van der Waals surface area contributed by atoms with Crippen molar-refractivity contribution in [1.82, 2.24) is 0 Å². The molecule has 62 valence electrons. The molecule has 0 amide bonds. The Morgan fingerprint density at radius 3 is 3.18 bits per heavy atom. The maximum absolute atomic E-state index is 9.37. The molecule has 0 heterocycles. The SMILES string of the molecule is CCCC1=CC(O)CCC=C1. The van der Waals surface area contributed by atoms with Crippen molar-refractivity contribution in [3.05, 3.63) is 23.8 Å². The topological polar surface area (TPSA) is 20.2 Å². The molecule has 0 fully saturated rings. The third kappa shape index (κ3) is 2.89. The predicted molar refractivity (Wildman–Crippen MR) is 47.4 cm³/mol. The highest BCUT2D eigenvalue weighted by Gasteiger charge is 2.03. The van der Waals surface area contributed by atoms with Crippen LogP contribution < -0.4 is 0 Å². The molecule has 0 saturated carbocycles. The molecule has 1 atom stereocenters. The van der Waals surface area contributed by atoms with Gasteiger partial charge in [-0.25, -0.2) is 0 Å². The lowest BCUT2D eigenvalue weighted by atomic mass is 10.1. The smallest absolute Gasteiger partial charge is 0.0729 e. The van der Waals surface area contributed by atoms with Gasteiger partial charge in [-0.3, -0.25) is 0 Å². The molecule has 0 aromatic carbocycles. The Morgan fingerprint density at radius 2 is 2.45 bits per heavy atom. The van der Waals surface area contributed by atoms with E-state index >= 15 is 0 Å². The molecule has 1 aliphatic rings. The van der Waals surface area contributed by atoms with Crippen LogP contribution in [-0.2, 0) is 0 Å². The molecule has 1 aliphatic carbocycles. The van der Waals surface area contributed by atoms with E-state index in [1.165, 1.54) is 5.57 Å². The summed E-state index contributed by atoms with van der Waals surface area (Å²) in [5, 5.41) is 9.37. The second-order valence-corrected chi connectivity index (χ2v) is 3.04. The third-order valence-corrected chi connectivity index (χ3v) is 1.91. The van der Waals surface area contributed by atoms with Gasteiger partial charge in [-0.15, -0.1) is 0 Å². The lowest BCUT2D eigenvalue weighted by molar-refractivity contribution is 0.214. The molecule has 1 unspecified atom stereocenters. The number of aliphatic hydroxyl groups is 1.